The predicted molar refractivity (Wildman–Crippen MR) is 151 cm³/mol. The molecule has 208 valence electrons. The molecule has 2 amide bonds. The Morgan fingerprint density at radius 2 is 1.82 bits per heavy atom. The average Bonchev–Trinajstić information content (AvgIpc) is 3.39. The zero-order valence-electron chi connectivity index (χ0n) is 22.4. The number of benzene rings is 2. The van der Waals surface area contributed by atoms with Crippen molar-refractivity contribution >= 4 is 39.1 Å². The number of nitrogens with one attached hydrogen (secondary N) is 1. The first kappa shape index (κ1) is 29.8. The van der Waals surface area contributed by atoms with Crippen molar-refractivity contribution in [2.24, 2.45) is 0 Å². The fraction of sp³-hybridized carbons (Fsp3) is 0.500. The van der Waals surface area contributed by atoms with Crippen LogP contribution in [-0.2, 0) is 26.2 Å². The first-order valence-corrected chi connectivity index (χ1v) is 15.3. The van der Waals surface area contributed by atoms with E-state index in [9.17, 15) is 18.0 Å². The number of amides is 2. The topological polar surface area (TPSA) is 96.0 Å². The first-order valence-electron chi connectivity index (χ1n) is 13.1. The molecule has 38 heavy (non-hydrogen) atoms. The van der Waals surface area contributed by atoms with Gasteiger partial charge in [-0.25, -0.2) is 8.42 Å². The molecule has 0 aromatic heterocycles. The van der Waals surface area contributed by atoms with Gasteiger partial charge in [0.05, 0.1) is 19.1 Å². The number of sulfonamides is 1. The minimum Gasteiger partial charge on any atom is -0.497 e. The Balaban J connectivity index is 1.76. The van der Waals surface area contributed by atoms with Crippen LogP contribution < -0.4 is 14.4 Å². The summed E-state index contributed by atoms with van der Waals surface area (Å²) in [5.74, 6) is 0.367. The monoisotopic (exact) mass is 563 g/mol. The molecule has 0 aliphatic heterocycles. The minimum absolute atomic E-state index is 0.0932. The van der Waals surface area contributed by atoms with Gasteiger partial charge < -0.3 is 15.0 Å². The van der Waals surface area contributed by atoms with E-state index < -0.39 is 16.1 Å². The van der Waals surface area contributed by atoms with E-state index >= 15 is 0 Å². The first-order chi connectivity index (χ1) is 18.1. The zero-order chi connectivity index (χ0) is 27.7. The third-order valence-corrected chi connectivity index (χ3v) is 8.28. The highest BCUT2D eigenvalue weighted by atomic mass is 35.5. The summed E-state index contributed by atoms with van der Waals surface area (Å²) in [5, 5.41) is 3.57. The third kappa shape index (κ3) is 8.36. The number of halogens is 1. The van der Waals surface area contributed by atoms with Gasteiger partial charge in [-0.2, -0.15) is 0 Å². The molecule has 0 spiro atoms. The van der Waals surface area contributed by atoms with E-state index in [-0.39, 0.29) is 43.8 Å². The summed E-state index contributed by atoms with van der Waals surface area (Å²) in [6.07, 6.45) is 6.09. The highest BCUT2D eigenvalue weighted by molar-refractivity contribution is 7.92. The summed E-state index contributed by atoms with van der Waals surface area (Å²) in [4.78, 5) is 28.5. The van der Waals surface area contributed by atoms with E-state index in [1.165, 1.54) is 4.31 Å². The van der Waals surface area contributed by atoms with Crippen LogP contribution in [-0.4, -0.2) is 57.1 Å². The molecular weight excluding hydrogens is 526 g/mol. The van der Waals surface area contributed by atoms with Gasteiger partial charge in [0.15, 0.2) is 0 Å². The Bertz CT molecular complexity index is 1180. The van der Waals surface area contributed by atoms with Gasteiger partial charge in [0, 0.05) is 30.6 Å². The molecule has 8 nitrogen and oxygen atoms in total. The average molecular weight is 564 g/mol. The van der Waals surface area contributed by atoms with E-state index in [2.05, 4.69) is 5.32 Å². The normalized spacial score (nSPS) is 14.6. The Kier molecular flexibility index (Phi) is 10.8. The van der Waals surface area contributed by atoms with Gasteiger partial charge in [-0.15, -0.1) is 0 Å². The molecule has 2 aromatic carbocycles. The maximum atomic E-state index is 13.6. The number of ether oxygens (including phenoxy) is 1. The van der Waals surface area contributed by atoms with Crippen LogP contribution in [0.3, 0.4) is 0 Å². The summed E-state index contributed by atoms with van der Waals surface area (Å²) in [6, 6.07) is 13.6. The molecule has 0 radical (unpaired) electrons. The fourth-order valence-electron chi connectivity index (χ4n) is 4.85. The van der Waals surface area contributed by atoms with Crippen LogP contribution in [0.5, 0.6) is 5.75 Å². The molecule has 1 N–H and O–H groups in total. The molecule has 0 bridgehead atoms. The molecule has 10 heteroatoms. The number of anilines is 1. The van der Waals surface area contributed by atoms with Crippen LogP contribution in [0, 0.1) is 0 Å². The summed E-state index contributed by atoms with van der Waals surface area (Å²) in [7, 11) is -1.99. The Morgan fingerprint density at radius 3 is 2.39 bits per heavy atom. The molecule has 2 aromatic rings. The molecule has 1 fully saturated rings. The molecule has 1 aliphatic carbocycles. The van der Waals surface area contributed by atoms with Gasteiger partial charge in [0.25, 0.3) is 0 Å². The van der Waals surface area contributed by atoms with Crippen LogP contribution in [0.2, 0.25) is 5.02 Å². The molecular formula is C28H38ClN3O5S. The second-order valence-corrected chi connectivity index (χ2v) is 12.0. The number of carbonyl (C=O) groups is 2. The van der Waals surface area contributed by atoms with E-state index in [1.807, 2.05) is 31.2 Å². The molecule has 1 aliphatic rings. The SMILES string of the molecule is CC[C@@H](C(=O)NC1CCCC1)N(Cc1ccc(OC)cc1)C(=O)CCCN(c1cccc(Cl)c1)S(C)(=O)=O. The predicted octanol–water partition coefficient (Wildman–Crippen LogP) is 4.76. The van der Waals surface area contributed by atoms with Crippen LogP contribution in [0.25, 0.3) is 0 Å². The Labute approximate surface area is 231 Å². The summed E-state index contributed by atoms with van der Waals surface area (Å²) in [6.45, 7) is 2.29. The number of rotatable bonds is 13. The quantitative estimate of drug-likeness (QED) is 0.379. The molecule has 1 saturated carbocycles. The van der Waals surface area contributed by atoms with E-state index in [0.29, 0.717) is 22.9 Å². The number of nitrogens with zero attached hydrogens (tertiary/aromatic N) is 2. The Hall–Kier alpha value is -2.78. The molecule has 3 rings (SSSR count). The number of carbonyl (C=O) groups excluding carboxylic acids is 2. The maximum absolute atomic E-state index is 13.6. The fourth-order valence-corrected chi connectivity index (χ4v) is 5.99. The Morgan fingerprint density at radius 1 is 1.13 bits per heavy atom. The van der Waals surface area contributed by atoms with Crippen LogP contribution in [0.4, 0.5) is 5.69 Å². The molecule has 1 atom stereocenters. The van der Waals surface area contributed by atoms with E-state index in [4.69, 9.17) is 16.3 Å². The van der Waals surface area contributed by atoms with E-state index in [1.54, 1.807) is 36.3 Å². The van der Waals surface area contributed by atoms with Gasteiger partial charge in [0.1, 0.15) is 11.8 Å². The van der Waals surface area contributed by atoms with Crippen molar-refractivity contribution in [2.45, 2.75) is 70.5 Å². The van der Waals surface area contributed by atoms with Gasteiger partial charge in [-0.1, -0.05) is 49.6 Å². The lowest BCUT2D eigenvalue weighted by atomic mass is 10.1. The molecule has 0 unspecified atom stereocenters. The maximum Gasteiger partial charge on any atom is 0.243 e. The highest BCUT2D eigenvalue weighted by Crippen LogP contribution is 2.24. The lowest BCUT2D eigenvalue weighted by molar-refractivity contribution is -0.141. The van der Waals surface area contributed by atoms with Crippen molar-refractivity contribution in [1.29, 1.82) is 0 Å². The second kappa shape index (κ2) is 13.8. The van der Waals surface area contributed by atoms with Crippen molar-refractivity contribution < 1.29 is 22.7 Å². The van der Waals surface area contributed by atoms with Crippen LogP contribution in [0.15, 0.2) is 48.5 Å². The van der Waals surface area contributed by atoms with Crippen molar-refractivity contribution in [1.82, 2.24) is 10.2 Å². The van der Waals surface area contributed by atoms with Crippen molar-refractivity contribution in [3.8, 4) is 5.75 Å². The lowest BCUT2D eigenvalue weighted by Gasteiger charge is -2.32. The smallest absolute Gasteiger partial charge is 0.243 e. The van der Waals surface area contributed by atoms with Crippen molar-refractivity contribution in [3.05, 3.63) is 59.1 Å². The van der Waals surface area contributed by atoms with Gasteiger partial charge >= 0.3 is 0 Å². The van der Waals surface area contributed by atoms with Crippen LogP contribution >= 0.6 is 11.6 Å². The lowest BCUT2D eigenvalue weighted by Crippen LogP contribution is -2.51. The summed E-state index contributed by atoms with van der Waals surface area (Å²) >= 11 is 6.07. The molecule has 0 saturated heterocycles. The largest absolute Gasteiger partial charge is 0.497 e. The molecule has 0 heterocycles. The number of methoxy groups -OCH3 is 1. The zero-order valence-corrected chi connectivity index (χ0v) is 23.9. The van der Waals surface area contributed by atoms with Crippen molar-refractivity contribution in [2.75, 3.05) is 24.2 Å². The standard InChI is InChI=1S/C28H38ClN3O5S/c1-4-26(28(34)30-23-10-5-6-11-23)31(20-21-14-16-25(37-2)17-15-21)27(33)13-8-18-32(38(3,35)36)24-12-7-9-22(29)19-24/h7,9,12,14-17,19,23,26H,4-6,8,10-11,13,18,20H2,1-3H3,(H,30,34)/t26-/m0/s1. The van der Waals surface area contributed by atoms with Crippen LogP contribution in [0.1, 0.15) is 57.4 Å². The third-order valence-electron chi connectivity index (χ3n) is 6.85. The number of hydrogen-bond donors (Lipinski definition) is 1. The van der Waals surface area contributed by atoms with Gasteiger partial charge in [-0.3, -0.25) is 13.9 Å². The minimum atomic E-state index is -3.58. The second-order valence-electron chi connectivity index (χ2n) is 9.70. The highest BCUT2D eigenvalue weighted by Gasteiger charge is 2.30. The number of hydrogen-bond acceptors (Lipinski definition) is 5. The summed E-state index contributed by atoms with van der Waals surface area (Å²) < 4.78 is 31.5. The summed E-state index contributed by atoms with van der Waals surface area (Å²) in [5.41, 5.74) is 1.33. The van der Waals surface area contributed by atoms with E-state index in [0.717, 1.165) is 37.5 Å². The van der Waals surface area contributed by atoms with Crippen molar-refractivity contribution in [3.63, 3.8) is 0 Å². The van der Waals surface area contributed by atoms with Gasteiger partial charge in [0.2, 0.25) is 21.8 Å². The van der Waals surface area contributed by atoms with Gasteiger partial charge in [-0.05, 0) is 61.6 Å².